The molecule has 0 spiro atoms. The summed E-state index contributed by atoms with van der Waals surface area (Å²) < 4.78 is 16.3. The number of methoxy groups -OCH3 is 1. The second-order valence-corrected chi connectivity index (χ2v) is 6.98. The van der Waals surface area contributed by atoms with Gasteiger partial charge >= 0.3 is 5.97 Å². The normalized spacial score (nSPS) is 13.4. The topological polar surface area (TPSA) is 105 Å². The molecule has 4 rings (SSSR count). The van der Waals surface area contributed by atoms with Crippen molar-refractivity contribution >= 4 is 23.5 Å². The third-order valence-corrected chi connectivity index (χ3v) is 4.94. The Morgan fingerprint density at radius 2 is 1.84 bits per heavy atom. The van der Waals surface area contributed by atoms with Gasteiger partial charge < -0.3 is 14.2 Å². The zero-order valence-corrected chi connectivity index (χ0v) is 17.2. The van der Waals surface area contributed by atoms with Crippen LogP contribution >= 0.6 is 0 Å². The van der Waals surface area contributed by atoms with E-state index < -0.39 is 10.9 Å². The van der Waals surface area contributed by atoms with Crippen molar-refractivity contribution in [1.29, 1.82) is 0 Å². The van der Waals surface area contributed by atoms with Gasteiger partial charge in [-0.15, -0.1) is 0 Å². The van der Waals surface area contributed by atoms with E-state index in [0.717, 1.165) is 0 Å². The monoisotopic (exact) mass is 431 g/mol. The standard InChI is InChI=1S/C24H17NO7/c1-14-20(32-24(27)16-6-8-18(30-2)9-7-16)11-10-19-22(26)21(31-23(14)19)13-15-4-3-5-17(12-15)25(28)29/h3-13H,1-2H3/b21-13-. The van der Waals surface area contributed by atoms with Crippen molar-refractivity contribution in [3.05, 3.63) is 98.8 Å². The van der Waals surface area contributed by atoms with Gasteiger partial charge in [-0.1, -0.05) is 12.1 Å². The fourth-order valence-electron chi connectivity index (χ4n) is 3.24. The Kier molecular flexibility index (Phi) is 5.43. The number of esters is 1. The van der Waals surface area contributed by atoms with Crippen LogP contribution in [0.4, 0.5) is 5.69 Å². The zero-order chi connectivity index (χ0) is 22.8. The first kappa shape index (κ1) is 20.8. The number of hydrogen-bond acceptors (Lipinski definition) is 7. The Bertz CT molecular complexity index is 1280. The quantitative estimate of drug-likeness (QED) is 0.189. The van der Waals surface area contributed by atoms with Crippen LogP contribution in [0.15, 0.2) is 66.4 Å². The lowest BCUT2D eigenvalue weighted by atomic mass is 10.1. The minimum Gasteiger partial charge on any atom is -0.497 e. The Labute approximate surface area is 182 Å². The molecule has 0 bridgehead atoms. The number of hydrogen-bond donors (Lipinski definition) is 0. The third kappa shape index (κ3) is 3.93. The van der Waals surface area contributed by atoms with Crippen molar-refractivity contribution in [2.24, 2.45) is 0 Å². The summed E-state index contributed by atoms with van der Waals surface area (Å²) in [5.41, 5.74) is 1.52. The van der Waals surface area contributed by atoms with Crippen LogP contribution in [0.2, 0.25) is 0 Å². The van der Waals surface area contributed by atoms with E-state index in [-0.39, 0.29) is 28.7 Å². The van der Waals surface area contributed by atoms with Crippen LogP contribution in [0.1, 0.15) is 31.8 Å². The first-order valence-electron chi connectivity index (χ1n) is 9.56. The number of nitro groups is 1. The van der Waals surface area contributed by atoms with E-state index in [1.807, 2.05) is 0 Å². The van der Waals surface area contributed by atoms with Gasteiger partial charge in [0.1, 0.15) is 17.2 Å². The molecule has 1 aliphatic rings. The van der Waals surface area contributed by atoms with Crippen molar-refractivity contribution in [2.45, 2.75) is 6.92 Å². The van der Waals surface area contributed by atoms with E-state index >= 15 is 0 Å². The van der Waals surface area contributed by atoms with E-state index in [2.05, 4.69) is 0 Å². The molecule has 0 atom stereocenters. The number of ketones is 1. The number of nitro benzene ring substituents is 1. The second-order valence-electron chi connectivity index (χ2n) is 6.98. The number of fused-ring (bicyclic) bond motifs is 1. The lowest BCUT2D eigenvalue weighted by molar-refractivity contribution is -0.384. The average Bonchev–Trinajstić information content (AvgIpc) is 3.11. The molecule has 0 radical (unpaired) electrons. The van der Waals surface area contributed by atoms with Gasteiger partial charge in [0.15, 0.2) is 5.76 Å². The molecule has 0 unspecified atom stereocenters. The largest absolute Gasteiger partial charge is 0.497 e. The number of non-ortho nitro benzene ring substituents is 1. The van der Waals surface area contributed by atoms with Gasteiger partial charge in [-0.2, -0.15) is 0 Å². The van der Waals surface area contributed by atoms with E-state index in [1.54, 1.807) is 37.3 Å². The molecule has 3 aromatic rings. The summed E-state index contributed by atoms with van der Waals surface area (Å²) in [5.74, 6) is 0.267. The van der Waals surface area contributed by atoms with Crippen LogP contribution < -0.4 is 14.2 Å². The molecule has 0 aromatic heterocycles. The summed E-state index contributed by atoms with van der Waals surface area (Å²) in [4.78, 5) is 35.7. The fraction of sp³-hybridized carbons (Fsp3) is 0.0833. The van der Waals surface area contributed by atoms with E-state index in [1.165, 1.54) is 43.5 Å². The Morgan fingerprint density at radius 3 is 2.53 bits per heavy atom. The number of rotatable bonds is 5. The Balaban J connectivity index is 1.59. The van der Waals surface area contributed by atoms with Gasteiger partial charge in [-0.3, -0.25) is 14.9 Å². The molecule has 0 saturated carbocycles. The van der Waals surface area contributed by atoms with Crippen LogP contribution in [0.25, 0.3) is 6.08 Å². The highest BCUT2D eigenvalue weighted by atomic mass is 16.6. The van der Waals surface area contributed by atoms with Crippen LogP contribution in [0.5, 0.6) is 17.2 Å². The predicted octanol–water partition coefficient (Wildman–Crippen LogP) is 4.75. The molecule has 0 amide bonds. The number of ether oxygens (including phenoxy) is 3. The first-order chi connectivity index (χ1) is 15.4. The lowest BCUT2D eigenvalue weighted by Gasteiger charge is -2.10. The summed E-state index contributed by atoms with van der Waals surface area (Å²) in [7, 11) is 1.53. The SMILES string of the molecule is COc1ccc(C(=O)Oc2ccc3c(c2C)O/C(=C\c2cccc([N+](=O)[O-])c2)C3=O)cc1. The maximum absolute atomic E-state index is 12.7. The molecule has 1 aliphatic heterocycles. The van der Waals surface area contributed by atoms with Crippen molar-refractivity contribution in [3.8, 4) is 17.2 Å². The number of benzene rings is 3. The van der Waals surface area contributed by atoms with Gasteiger partial charge in [0.25, 0.3) is 5.69 Å². The van der Waals surface area contributed by atoms with Gasteiger partial charge in [-0.05, 0) is 55.0 Å². The van der Waals surface area contributed by atoms with Gasteiger partial charge in [-0.25, -0.2) is 4.79 Å². The van der Waals surface area contributed by atoms with Crippen LogP contribution in [-0.2, 0) is 0 Å². The summed E-state index contributed by atoms with van der Waals surface area (Å²) in [6.45, 7) is 1.68. The van der Waals surface area contributed by atoms with E-state index in [9.17, 15) is 19.7 Å². The van der Waals surface area contributed by atoms with E-state index in [0.29, 0.717) is 28.0 Å². The summed E-state index contributed by atoms with van der Waals surface area (Å²) >= 11 is 0. The highest BCUT2D eigenvalue weighted by Gasteiger charge is 2.30. The smallest absolute Gasteiger partial charge is 0.343 e. The number of carbonyl (C=O) groups is 2. The lowest BCUT2D eigenvalue weighted by Crippen LogP contribution is -2.09. The van der Waals surface area contributed by atoms with Gasteiger partial charge in [0.2, 0.25) is 5.78 Å². The van der Waals surface area contributed by atoms with Gasteiger partial charge in [0, 0.05) is 17.7 Å². The molecular formula is C24H17NO7. The molecule has 160 valence electrons. The first-order valence-corrected chi connectivity index (χ1v) is 9.56. The number of allylic oxidation sites excluding steroid dienone is 1. The zero-order valence-electron chi connectivity index (χ0n) is 17.2. The molecule has 8 nitrogen and oxygen atoms in total. The third-order valence-electron chi connectivity index (χ3n) is 4.94. The molecule has 1 heterocycles. The van der Waals surface area contributed by atoms with Crippen LogP contribution in [0.3, 0.4) is 0 Å². The predicted molar refractivity (Wildman–Crippen MR) is 115 cm³/mol. The minimum absolute atomic E-state index is 0.0298. The molecule has 0 saturated heterocycles. The summed E-state index contributed by atoms with van der Waals surface area (Å²) in [6, 6.07) is 15.4. The maximum Gasteiger partial charge on any atom is 0.343 e. The second kappa shape index (κ2) is 8.35. The molecule has 0 N–H and O–H groups in total. The maximum atomic E-state index is 12.7. The Hall–Kier alpha value is -4.46. The average molecular weight is 431 g/mol. The van der Waals surface area contributed by atoms with Crippen molar-refractivity contribution in [1.82, 2.24) is 0 Å². The number of Topliss-reactive ketones (excluding diaryl/α,β-unsaturated/α-hetero) is 1. The molecule has 0 fully saturated rings. The van der Waals surface area contributed by atoms with Crippen molar-refractivity contribution < 1.29 is 28.7 Å². The van der Waals surface area contributed by atoms with Gasteiger partial charge in [0.05, 0.1) is 23.2 Å². The highest BCUT2D eigenvalue weighted by molar-refractivity contribution is 6.15. The van der Waals surface area contributed by atoms with E-state index in [4.69, 9.17) is 14.2 Å². The number of carbonyl (C=O) groups excluding carboxylic acids is 2. The summed E-state index contributed by atoms with van der Waals surface area (Å²) in [5, 5.41) is 11.0. The van der Waals surface area contributed by atoms with Crippen LogP contribution in [-0.4, -0.2) is 23.8 Å². The Morgan fingerprint density at radius 1 is 1.09 bits per heavy atom. The molecule has 8 heteroatoms. The molecule has 3 aromatic carbocycles. The van der Waals surface area contributed by atoms with Crippen LogP contribution in [0, 0.1) is 17.0 Å². The summed E-state index contributed by atoms with van der Waals surface area (Å²) in [6.07, 6.45) is 1.44. The molecular weight excluding hydrogens is 414 g/mol. The number of nitrogens with zero attached hydrogens (tertiary/aromatic N) is 1. The fourth-order valence-corrected chi connectivity index (χ4v) is 3.24. The van der Waals surface area contributed by atoms with Crippen molar-refractivity contribution in [3.63, 3.8) is 0 Å². The molecule has 32 heavy (non-hydrogen) atoms. The molecule has 0 aliphatic carbocycles. The highest BCUT2D eigenvalue weighted by Crippen LogP contribution is 2.39. The van der Waals surface area contributed by atoms with Crippen molar-refractivity contribution in [2.75, 3.05) is 7.11 Å². The minimum atomic E-state index is -0.563.